The maximum atomic E-state index is 12.6. The van der Waals surface area contributed by atoms with Gasteiger partial charge in [-0.1, -0.05) is 18.2 Å². The molecule has 0 bridgehead atoms. The fraction of sp³-hybridized carbons (Fsp3) is 0.267. The first kappa shape index (κ1) is 12.6. The number of rotatable bonds is 1. The van der Waals surface area contributed by atoms with Gasteiger partial charge in [-0.25, -0.2) is 4.98 Å². The van der Waals surface area contributed by atoms with E-state index in [0.717, 1.165) is 17.7 Å². The highest BCUT2D eigenvalue weighted by atomic mass is 16.2. The monoisotopic (exact) mass is 269 g/mol. The molecule has 1 aliphatic rings. The number of benzene rings is 1. The van der Waals surface area contributed by atoms with Crippen LogP contribution in [0.2, 0.25) is 0 Å². The average Bonchev–Trinajstić information content (AvgIpc) is 2.73. The first-order chi connectivity index (χ1) is 9.58. The molecule has 1 amide bonds. The predicted molar refractivity (Wildman–Crippen MR) is 76.0 cm³/mol. The second kappa shape index (κ2) is 4.59. The lowest BCUT2D eigenvalue weighted by Gasteiger charge is -2.22. The van der Waals surface area contributed by atoms with Crippen molar-refractivity contribution in [2.45, 2.75) is 26.3 Å². The largest absolute Gasteiger partial charge is 0.310 e. The number of carbonyl (C=O) groups excluding carboxylic acids is 1. The zero-order valence-electron chi connectivity index (χ0n) is 11.4. The van der Waals surface area contributed by atoms with E-state index in [4.69, 9.17) is 0 Å². The number of H-pyrrole nitrogens is 1. The van der Waals surface area contributed by atoms with Gasteiger partial charge < -0.3 is 9.88 Å². The first-order valence-electron chi connectivity index (χ1n) is 6.55. The van der Waals surface area contributed by atoms with Gasteiger partial charge in [0.2, 0.25) is 0 Å². The minimum Gasteiger partial charge on any atom is -0.310 e. The zero-order valence-corrected chi connectivity index (χ0v) is 11.4. The van der Waals surface area contributed by atoms with Crippen molar-refractivity contribution < 1.29 is 4.79 Å². The summed E-state index contributed by atoms with van der Waals surface area (Å²) in [5.41, 5.74) is 1.70. The Balaban J connectivity index is 2.05. The number of para-hydroxylation sites is 1. The maximum absolute atomic E-state index is 12.6. The lowest BCUT2D eigenvalue weighted by Crippen LogP contribution is -2.38. The van der Waals surface area contributed by atoms with Crippen LogP contribution in [-0.2, 0) is 6.42 Å². The van der Waals surface area contributed by atoms with Crippen LogP contribution in [0.25, 0.3) is 0 Å². The van der Waals surface area contributed by atoms with E-state index in [-0.39, 0.29) is 23.1 Å². The van der Waals surface area contributed by atoms with Crippen molar-refractivity contribution in [1.82, 2.24) is 9.97 Å². The van der Waals surface area contributed by atoms with Crippen molar-refractivity contribution in [3.8, 4) is 0 Å². The molecule has 0 spiro atoms. The summed E-state index contributed by atoms with van der Waals surface area (Å²) in [7, 11) is 0. The molecule has 0 radical (unpaired) electrons. The van der Waals surface area contributed by atoms with Crippen LogP contribution in [0.4, 0.5) is 5.69 Å². The Morgan fingerprint density at radius 2 is 2.15 bits per heavy atom. The van der Waals surface area contributed by atoms with E-state index >= 15 is 0 Å². The van der Waals surface area contributed by atoms with E-state index in [0.29, 0.717) is 5.82 Å². The Bertz CT molecular complexity index is 736. The zero-order chi connectivity index (χ0) is 14.3. The summed E-state index contributed by atoms with van der Waals surface area (Å²) in [5, 5.41) is 0. The number of aryl methyl sites for hydroxylation is 1. The third kappa shape index (κ3) is 1.91. The molecule has 5 heteroatoms. The molecule has 1 aromatic carbocycles. The fourth-order valence-corrected chi connectivity index (χ4v) is 2.64. The average molecular weight is 269 g/mol. The van der Waals surface area contributed by atoms with E-state index in [1.165, 1.54) is 6.20 Å². The number of hydrogen-bond donors (Lipinski definition) is 1. The molecule has 1 aliphatic heterocycles. The predicted octanol–water partition coefficient (Wildman–Crippen LogP) is 1.67. The summed E-state index contributed by atoms with van der Waals surface area (Å²) in [5.74, 6) is 0.206. The molecule has 0 fully saturated rings. The number of amides is 1. The summed E-state index contributed by atoms with van der Waals surface area (Å²) < 4.78 is 0. The minimum atomic E-state index is -0.390. The number of nitrogens with one attached hydrogen (secondary N) is 1. The molecule has 0 saturated carbocycles. The van der Waals surface area contributed by atoms with Gasteiger partial charge in [0.15, 0.2) is 0 Å². The third-order valence-corrected chi connectivity index (χ3v) is 3.58. The van der Waals surface area contributed by atoms with Crippen molar-refractivity contribution in [2.75, 3.05) is 4.90 Å². The van der Waals surface area contributed by atoms with Crippen molar-refractivity contribution in [3.05, 3.63) is 57.8 Å². The fourth-order valence-electron chi connectivity index (χ4n) is 2.64. The Kier molecular flexibility index (Phi) is 2.89. The van der Waals surface area contributed by atoms with Crippen molar-refractivity contribution in [1.29, 1.82) is 0 Å². The minimum absolute atomic E-state index is 0.0422. The van der Waals surface area contributed by atoms with E-state index in [1.54, 1.807) is 11.8 Å². The molecule has 3 rings (SSSR count). The van der Waals surface area contributed by atoms with E-state index in [2.05, 4.69) is 9.97 Å². The van der Waals surface area contributed by atoms with Gasteiger partial charge in [-0.2, -0.15) is 0 Å². The van der Waals surface area contributed by atoms with Gasteiger partial charge in [0.1, 0.15) is 11.4 Å². The molecule has 20 heavy (non-hydrogen) atoms. The standard InChI is InChI=1S/C15H15N3O2/c1-9-7-11-5-3-4-6-13(11)18(9)15(20)12-8-16-10(2)17-14(12)19/h3-6,8-9H,7H2,1-2H3,(H,16,17,19). The number of anilines is 1. The van der Waals surface area contributed by atoms with Gasteiger partial charge in [-0.3, -0.25) is 9.59 Å². The Labute approximate surface area is 116 Å². The van der Waals surface area contributed by atoms with E-state index in [9.17, 15) is 9.59 Å². The Hall–Kier alpha value is -2.43. The quantitative estimate of drug-likeness (QED) is 0.856. The molecule has 0 aliphatic carbocycles. The second-order valence-corrected chi connectivity index (χ2v) is 5.07. The van der Waals surface area contributed by atoms with Gasteiger partial charge >= 0.3 is 0 Å². The van der Waals surface area contributed by atoms with Crippen LogP contribution >= 0.6 is 0 Å². The molecule has 5 nitrogen and oxygen atoms in total. The highest BCUT2D eigenvalue weighted by Crippen LogP contribution is 2.32. The van der Waals surface area contributed by atoms with Crippen LogP contribution in [0.1, 0.15) is 28.7 Å². The topological polar surface area (TPSA) is 66.1 Å². The molecule has 2 aromatic rings. The molecule has 1 unspecified atom stereocenters. The summed E-state index contributed by atoms with van der Waals surface area (Å²) >= 11 is 0. The number of hydrogen-bond acceptors (Lipinski definition) is 3. The van der Waals surface area contributed by atoms with Crippen LogP contribution in [0, 0.1) is 6.92 Å². The summed E-state index contributed by atoms with van der Waals surface area (Å²) in [6, 6.07) is 7.82. The number of nitrogens with zero attached hydrogens (tertiary/aromatic N) is 2. The molecule has 1 atom stereocenters. The van der Waals surface area contributed by atoms with Gasteiger partial charge in [0.25, 0.3) is 11.5 Å². The highest BCUT2D eigenvalue weighted by molar-refractivity contribution is 6.07. The highest BCUT2D eigenvalue weighted by Gasteiger charge is 2.32. The SMILES string of the molecule is Cc1ncc(C(=O)N2c3ccccc3CC2C)c(=O)[nH]1. The second-order valence-electron chi connectivity index (χ2n) is 5.07. The lowest BCUT2D eigenvalue weighted by atomic mass is 10.1. The smallest absolute Gasteiger partial charge is 0.265 e. The van der Waals surface area contributed by atoms with Crippen LogP contribution in [0.5, 0.6) is 0 Å². The molecule has 1 aromatic heterocycles. The number of aromatic nitrogens is 2. The van der Waals surface area contributed by atoms with Crippen LogP contribution < -0.4 is 10.5 Å². The molecule has 1 N–H and O–H groups in total. The van der Waals surface area contributed by atoms with Crippen molar-refractivity contribution in [3.63, 3.8) is 0 Å². The molecular weight excluding hydrogens is 254 g/mol. The number of fused-ring (bicyclic) bond motifs is 1. The third-order valence-electron chi connectivity index (χ3n) is 3.58. The molecule has 102 valence electrons. The summed E-state index contributed by atoms with van der Waals surface area (Å²) in [6.07, 6.45) is 2.16. The van der Waals surface area contributed by atoms with E-state index < -0.39 is 0 Å². The molecule has 2 heterocycles. The van der Waals surface area contributed by atoms with Gasteiger partial charge in [0, 0.05) is 17.9 Å². The first-order valence-corrected chi connectivity index (χ1v) is 6.55. The van der Waals surface area contributed by atoms with Crippen molar-refractivity contribution in [2.24, 2.45) is 0 Å². The number of carbonyl (C=O) groups is 1. The molecule has 0 saturated heterocycles. The van der Waals surface area contributed by atoms with Crippen molar-refractivity contribution >= 4 is 11.6 Å². The van der Waals surface area contributed by atoms with Crippen LogP contribution in [0.3, 0.4) is 0 Å². The van der Waals surface area contributed by atoms with Gasteiger partial charge in [-0.15, -0.1) is 0 Å². The van der Waals surface area contributed by atoms with Gasteiger partial charge in [0.05, 0.1) is 0 Å². The number of aromatic amines is 1. The Morgan fingerprint density at radius 1 is 1.40 bits per heavy atom. The van der Waals surface area contributed by atoms with E-state index in [1.807, 2.05) is 31.2 Å². The van der Waals surface area contributed by atoms with Gasteiger partial charge in [-0.05, 0) is 31.9 Å². The normalized spacial score (nSPS) is 17.1. The summed E-state index contributed by atoms with van der Waals surface area (Å²) in [4.78, 5) is 32.8. The lowest BCUT2D eigenvalue weighted by molar-refractivity contribution is 0.0979. The van der Waals surface area contributed by atoms with Crippen LogP contribution in [0.15, 0.2) is 35.3 Å². The summed E-state index contributed by atoms with van der Waals surface area (Å²) in [6.45, 7) is 3.66. The molecular formula is C15H15N3O2. The Morgan fingerprint density at radius 3 is 2.90 bits per heavy atom. The van der Waals surface area contributed by atoms with Crippen LogP contribution in [-0.4, -0.2) is 21.9 Å². The maximum Gasteiger partial charge on any atom is 0.265 e.